The van der Waals surface area contributed by atoms with E-state index in [0.717, 1.165) is 21.4 Å². The number of Topliss-reactive ketones (excluding diaryl/α,β-unsaturated/α-hetero) is 1. The van der Waals surface area contributed by atoms with Gasteiger partial charge in [-0.3, -0.25) is 13.5 Å². The molecule has 2 aromatic rings. The lowest BCUT2D eigenvalue weighted by atomic mass is 10.1. The molecule has 138 valence electrons. The molecule has 0 unspecified atom stereocenters. The number of anilines is 1. The van der Waals surface area contributed by atoms with Crippen molar-refractivity contribution in [1.29, 1.82) is 5.26 Å². The number of nitrogens with one attached hydrogen (secondary N) is 1. The quantitative estimate of drug-likeness (QED) is 0.279. The van der Waals surface area contributed by atoms with Gasteiger partial charge >= 0.3 is 0 Å². The Labute approximate surface area is 166 Å². The fourth-order valence-electron chi connectivity index (χ4n) is 2.25. The van der Waals surface area contributed by atoms with E-state index in [-0.39, 0.29) is 17.0 Å². The molecule has 0 aliphatic rings. The third-order valence-electron chi connectivity index (χ3n) is 3.20. The minimum absolute atomic E-state index is 0.0699. The van der Waals surface area contributed by atoms with Crippen molar-refractivity contribution in [2.45, 2.75) is 0 Å². The van der Waals surface area contributed by atoms with Gasteiger partial charge in [0.2, 0.25) is 15.8 Å². The van der Waals surface area contributed by atoms with Crippen LogP contribution in [0.25, 0.3) is 10.9 Å². The van der Waals surface area contributed by atoms with E-state index in [0.29, 0.717) is 10.9 Å². The SMILES string of the molecule is CN(C)/C=C(\C#N)C(=O)c1cc2cc(F)c(NS(C)(=O)=O)cc2n1SI. The fraction of sp³-hybridized carbons (Fsp3) is 0.200. The predicted molar refractivity (Wildman–Crippen MR) is 109 cm³/mol. The van der Waals surface area contributed by atoms with Gasteiger partial charge in [0.1, 0.15) is 23.2 Å². The summed E-state index contributed by atoms with van der Waals surface area (Å²) in [4.78, 5) is 14.3. The van der Waals surface area contributed by atoms with Gasteiger partial charge in [-0.25, -0.2) is 12.8 Å². The Hall–Kier alpha value is -1.78. The maximum atomic E-state index is 14.2. The Morgan fingerprint density at radius 1 is 1.42 bits per heavy atom. The Morgan fingerprint density at radius 2 is 2.08 bits per heavy atom. The molecule has 1 aromatic carbocycles. The first-order valence-corrected chi connectivity index (χ1v) is 12.2. The first-order valence-electron chi connectivity index (χ1n) is 7.02. The van der Waals surface area contributed by atoms with Crippen molar-refractivity contribution in [2.75, 3.05) is 25.1 Å². The van der Waals surface area contributed by atoms with Gasteiger partial charge in [-0.2, -0.15) is 5.26 Å². The van der Waals surface area contributed by atoms with Crippen molar-refractivity contribution < 1.29 is 17.6 Å². The number of benzene rings is 1. The zero-order valence-electron chi connectivity index (χ0n) is 13.9. The van der Waals surface area contributed by atoms with Gasteiger partial charge in [0, 0.05) is 56.0 Å². The van der Waals surface area contributed by atoms with Gasteiger partial charge in [-0.15, -0.1) is 0 Å². The number of fused-ring (bicyclic) bond motifs is 1. The first-order chi connectivity index (χ1) is 12.1. The van der Waals surface area contributed by atoms with Gasteiger partial charge in [0.25, 0.3) is 0 Å². The van der Waals surface area contributed by atoms with Gasteiger partial charge in [0.05, 0.1) is 17.5 Å². The molecule has 0 atom stereocenters. The normalized spacial score (nSPS) is 12.1. The molecule has 0 saturated carbocycles. The zero-order valence-corrected chi connectivity index (χ0v) is 17.7. The number of nitriles is 1. The highest BCUT2D eigenvalue weighted by atomic mass is 127. The number of sulfonamides is 1. The van der Waals surface area contributed by atoms with E-state index in [1.165, 1.54) is 22.3 Å². The van der Waals surface area contributed by atoms with Gasteiger partial charge in [-0.05, 0) is 18.2 Å². The number of hydrogen-bond donors (Lipinski definition) is 1. The van der Waals surface area contributed by atoms with Gasteiger partial charge in [-0.1, -0.05) is 0 Å². The van der Waals surface area contributed by atoms with Crippen LogP contribution < -0.4 is 4.72 Å². The Kier molecular flexibility index (Phi) is 6.20. The third kappa shape index (κ3) is 4.49. The minimum atomic E-state index is -3.66. The molecular weight excluding hydrogens is 494 g/mol. The van der Waals surface area contributed by atoms with Crippen molar-refractivity contribution in [3.8, 4) is 6.07 Å². The van der Waals surface area contributed by atoms with E-state index >= 15 is 0 Å². The summed E-state index contributed by atoms with van der Waals surface area (Å²) in [6.45, 7) is 0. The molecule has 11 heteroatoms. The standard InChI is InChI=1S/C15H14FIN4O3S2/c1-20(2)8-10(7-18)15(22)14-5-9-4-11(16)12(19-26(3,23)24)6-13(9)21(14)25-17/h4-6,8,19H,1-3H3/b10-8+. The van der Waals surface area contributed by atoms with E-state index in [2.05, 4.69) is 4.72 Å². The van der Waals surface area contributed by atoms with Crippen molar-refractivity contribution in [2.24, 2.45) is 0 Å². The Balaban J connectivity index is 2.67. The molecule has 0 aliphatic heterocycles. The van der Waals surface area contributed by atoms with Gasteiger partial charge < -0.3 is 4.90 Å². The monoisotopic (exact) mass is 508 g/mol. The molecule has 0 spiro atoms. The molecule has 1 aromatic heterocycles. The molecule has 0 saturated heterocycles. The third-order valence-corrected chi connectivity index (χ3v) is 5.50. The van der Waals surface area contributed by atoms with E-state index in [4.69, 9.17) is 0 Å². The summed E-state index contributed by atoms with van der Waals surface area (Å²) in [7, 11) is 0.867. The lowest BCUT2D eigenvalue weighted by Crippen LogP contribution is -2.11. The number of rotatable bonds is 6. The minimum Gasteiger partial charge on any atom is -0.382 e. The average Bonchev–Trinajstić information content (AvgIpc) is 2.88. The van der Waals surface area contributed by atoms with Crippen LogP contribution >= 0.6 is 30.3 Å². The number of aromatic nitrogens is 1. The van der Waals surface area contributed by atoms with Crippen molar-refractivity contribution >= 4 is 62.7 Å². The van der Waals surface area contributed by atoms with Crippen LogP contribution in [-0.4, -0.2) is 43.4 Å². The molecule has 26 heavy (non-hydrogen) atoms. The van der Waals surface area contributed by atoms with Crippen molar-refractivity contribution in [3.05, 3.63) is 41.5 Å². The number of ketones is 1. The second kappa shape index (κ2) is 7.85. The Bertz CT molecular complexity index is 1060. The average molecular weight is 508 g/mol. The lowest BCUT2D eigenvalue weighted by Gasteiger charge is -2.09. The van der Waals surface area contributed by atoms with Crippen LogP contribution in [0.15, 0.2) is 30.0 Å². The predicted octanol–water partition coefficient (Wildman–Crippen LogP) is 3.15. The second-order valence-corrected chi connectivity index (χ2v) is 9.04. The van der Waals surface area contributed by atoms with E-state index in [1.54, 1.807) is 19.0 Å². The summed E-state index contributed by atoms with van der Waals surface area (Å²) in [5, 5.41) is 9.65. The summed E-state index contributed by atoms with van der Waals surface area (Å²) in [6, 6.07) is 5.79. The summed E-state index contributed by atoms with van der Waals surface area (Å²) >= 11 is 1.95. The maximum Gasteiger partial charge on any atom is 0.229 e. The molecule has 1 N–H and O–H groups in total. The highest BCUT2D eigenvalue weighted by Crippen LogP contribution is 2.33. The summed E-state index contributed by atoms with van der Waals surface area (Å²) < 4.78 is 40.6. The first kappa shape index (κ1) is 20.5. The smallest absolute Gasteiger partial charge is 0.229 e. The van der Waals surface area contributed by atoms with E-state index in [9.17, 15) is 22.9 Å². The summed E-state index contributed by atoms with van der Waals surface area (Å²) in [6.07, 6.45) is 2.32. The summed E-state index contributed by atoms with van der Waals surface area (Å²) in [5.74, 6) is -1.28. The highest BCUT2D eigenvalue weighted by molar-refractivity contribution is 14.2. The van der Waals surface area contributed by atoms with Crippen molar-refractivity contribution in [3.63, 3.8) is 0 Å². The van der Waals surface area contributed by atoms with Crippen LogP contribution in [-0.2, 0) is 10.0 Å². The molecular formula is C15H14FIN4O3S2. The molecule has 7 nitrogen and oxygen atoms in total. The number of allylic oxidation sites excluding steroid dienone is 1. The van der Waals surface area contributed by atoms with Crippen LogP contribution in [0.1, 0.15) is 10.5 Å². The van der Waals surface area contributed by atoms with E-state index < -0.39 is 21.6 Å². The molecule has 0 radical (unpaired) electrons. The lowest BCUT2D eigenvalue weighted by molar-refractivity contribution is 0.103. The second-order valence-electron chi connectivity index (χ2n) is 5.61. The molecule has 0 fully saturated rings. The topological polar surface area (TPSA) is 95.2 Å². The molecule has 2 rings (SSSR count). The zero-order chi connectivity index (χ0) is 19.6. The number of carbonyl (C=O) groups excluding carboxylic acids is 1. The van der Waals surface area contributed by atoms with Crippen LogP contribution in [0, 0.1) is 17.1 Å². The van der Waals surface area contributed by atoms with E-state index in [1.807, 2.05) is 27.3 Å². The maximum absolute atomic E-state index is 14.2. The van der Waals surface area contributed by atoms with Crippen LogP contribution in [0.4, 0.5) is 10.1 Å². The molecule has 1 heterocycles. The van der Waals surface area contributed by atoms with Crippen LogP contribution in [0.2, 0.25) is 0 Å². The number of carbonyl (C=O) groups is 1. The van der Waals surface area contributed by atoms with Crippen molar-refractivity contribution in [1.82, 2.24) is 8.87 Å². The fourth-order valence-corrected chi connectivity index (χ4v) is 4.52. The molecule has 0 bridgehead atoms. The van der Waals surface area contributed by atoms with Gasteiger partial charge in [0.15, 0.2) is 0 Å². The Morgan fingerprint density at radius 3 is 2.58 bits per heavy atom. The molecule has 0 amide bonds. The highest BCUT2D eigenvalue weighted by Gasteiger charge is 2.21. The largest absolute Gasteiger partial charge is 0.382 e. The number of nitrogens with zero attached hydrogens (tertiary/aromatic N) is 3. The summed E-state index contributed by atoms with van der Waals surface area (Å²) in [5.41, 5.74) is 0.347. The van der Waals surface area contributed by atoms with Crippen LogP contribution in [0.5, 0.6) is 0 Å². The number of halogens is 2. The number of hydrogen-bond acceptors (Lipinski definition) is 6. The molecule has 0 aliphatic carbocycles. The van der Waals surface area contributed by atoms with Crippen LogP contribution in [0.3, 0.4) is 0 Å².